The van der Waals surface area contributed by atoms with E-state index in [9.17, 15) is 4.39 Å². The summed E-state index contributed by atoms with van der Waals surface area (Å²) in [5.74, 6) is -0.214. The lowest BCUT2D eigenvalue weighted by Crippen LogP contribution is -2.39. The van der Waals surface area contributed by atoms with E-state index >= 15 is 0 Å². The van der Waals surface area contributed by atoms with Crippen LogP contribution >= 0.6 is 0 Å². The Labute approximate surface area is 110 Å². The lowest BCUT2D eigenvalue weighted by molar-refractivity contribution is 0.0485. The summed E-state index contributed by atoms with van der Waals surface area (Å²) < 4.78 is 19.0. The Morgan fingerprint density at radius 1 is 1.33 bits per heavy atom. The minimum Gasteiger partial charge on any atom is -0.372 e. The van der Waals surface area contributed by atoms with E-state index in [0.29, 0.717) is 13.2 Å². The fraction of sp³-hybridized carbons (Fsp3) is 0.600. The number of benzene rings is 1. The predicted molar refractivity (Wildman–Crippen MR) is 73.1 cm³/mol. The van der Waals surface area contributed by atoms with Crippen molar-refractivity contribution in [2.24, 2.45) is 0 Å². The number of hydrogen-bond donors (Lipinski definition) is 1. The zero-order valence-corrected chi connectivity index (χ0v) is 11.8. The van der Waals surface area contributed by atoms with Gasteiger partial charge in [-0.3, -0.25) is 0 Å². The average molecular weight is 253 g/mol. The maximum Gasteiger partial charge on any atom is 0.123 e. The Balaban J connectivity index is 2.71. The molecule has 0 aromatic heterocycles. The van der Waals surface area contributed by atoms with Crippen LogP contribution in [-0.4, -0.2) is 18.7 Å². The van der Waals surface area contributed by atoms with Crippen molar-refractivity contribution >= 4 is 0 Å². The molecule has 1 rings (SSSR count). The van der Waals surface area contributed by atoms with Gasteiger partial charge in [0.2, 0.25) is 0 Å². The molecule has 2 nitrogen and oxygen atoms in total. The molecular formula is C15H24FNO. The van der Waals surface area contributed by atoms with Crippen LogP contribution in [0.15, 0.2) is 24.3 Å². The quantitative estimate of drug-likeness (QED) is 0.835. The fourth-order valence-electron chi connectivity index (χ4n) is 1.64. The average Bonchev–Trinajstić information content (AvgIpc) is 2.28. The van der Waals surface area contributed by atoms with E-state index in [2.05, 4.69) is 33.0 Å². The number of rotatable bonds is 6. The van der Waals surface area contributed by atoms with Crippen LogP contribution < -0.4 is 5.32 Å². The first-order chi connectivity index (χ1) is 8.42. The molecule has 0 amide bonds. The molecule has 0 fully saturated rings. The van der Waals surface area contributed by atoms with Crippen LogP contribution in [0.2, 0.25) is 0 Å². The summed E-state index contributed by atoms with van der Waals surface area (Å²) in [4.78, 5) is 0. The molecule has 0 bridgehead atoms. The summed E-state index contributed by atoms with van der Waals surface area (Å²) in [7, 11) is 0. The highest BCUT2D eigenvalue weighted by molar-refractivity contribution is 5.19. The van der Waals surface area contributed by atoms with Gasteiger partial charge in [-0.2, -0.15) is 0 Å². The molecule has 102 valence electrons. The SMILES string of the molecule is CCCOC(CNC(C)(C)C)c1cccc(F)c1. The summed E-state index contributed by atoms with van der Waals surface area (Å²) >= 11 is 0. The largest absolute Gasteiger partial charge is 0.372 e. The Hall–Kier alpha value is -0.930. The minimum absolute atomic E-state index is 0.0289. The Bertz CT molecular complexity index is 360. The molecule has 18 heavy (non-hydrogen) atoms. The van der Waals surface area contributed by atoms with Crippen molar-refractivity contribution in [2.75, 3.05) is 13.2 Å². The normalized spacial score (nSPS) is 13.6. The van der Waals surface area contributed by atoms with Gasteiger partial charge in [-0.05, 0) is 44.9 Å². The summed E-state index contributed by atoms with van der Waals surface area (Å²) in [6.45, 7) is 9.76. The molecule has 3 heteroatoms. The highest BCUT2D eigenvalue weighted by Crippen LogP contribution is 2.19. The van der Waals surface area contributed by atoms with Crippen molar-refractivity contribution in [1.82, 2.24) is 5.32 Å². The molecule has 0 spiro atoms. The lowest BCUT2D eigenvalue weighted by Gasteiger charge is -2.25. The molecule has 1 aromatic carbocycles. The Kier molecular flexibility index (Phi) is 5.76. The van der Waals surface area contributed by atoms with Crippen LogP contribution in [-0.2, 0) is 4.74 Å². The molecule has 0 saturated carbocycles. The third-order valence-electron chi connectivity index (χ3n) is 2.56. The second-order valence-corrected chi connectivity index (χ2v) is 5.55. The highest BCUT2D eigenvalue weighted by atomic mass is 19.1. The molecule has 1 unspecified atom stereocenters. The Morgan fingerprint density at radius 2 is 2.06 bits per heavy atom. The molecule has 0 aliphatic carbocycles. The fourth-order valence-corrected chi connectivity index (χ4v) is 1.64. The standard InChI is InChI=1S/C15H24FNO/c1-5-9-18-14(11-17-15(2,3)4)12-7-6-8-13(16)10-12/h6-8,10,14,17H,5,9,11H2,1-4H3. The van der Waals surface area contributed by atoms with Gasteiger partial charge in [0.05, 0.1) is 6.10 Å². The van der Waals surface area contributed by atoms with Gasteiger partial charge in [0.1, 0.15) is 5.82 Å². The highest BCUT2D eigenvalue weighted by Gasteiger charge is 2.16. The van der Waals surface area contributed by atoms with E-state index in [-0.39, 0.29) is 17.5 Å². The molecule has 0 aliphatic rings. The molecule has 0 saturated heterocycles. The molecule has 0 radical (unpaired) electrons. The number of ether oxygens (including phenoxy) is 1. The molecule has 0 heterocycles. The van der Waals surface area contributed by atoms with Gasteiger partial charge in [0.15, 0.2) is 0 Å². The van der Waals surface area contributed by atoms with Crippen LogP contribution in [0.25, 0.3) is 0 Å². The number of halogens is 1. The first-order valence-corrected chi connectivity index (χ1v) is 6.54. The van der Waals surface area contributed by atoms with Crippen molar-refractivity contribution in [1.29, 1.82) is 0 Å². The van der Waals surface area contributed by atoms with E-state index in [0.717, 1.165) is 12.0 Å². The lowest BCUT2D eigenvalue weighted by atomic mass is 10.1. The minimum atomic E-state index is -0.214. The van der Waals surface area contributed by atoms with E-state index < -0.39 is 0 Å². The molecule has 1 aromatic rings. The van der Waals surface area contributed by atoms with Gasteiger partial charge in [0, 0.05) is 18.7 Å². The van der Waals surface area contributed by atoms with Crippen molar-refractivity contribution < 1.29 is 9.13 Å². The van der Waals surface area contributed by atoms with Crippen LogP contribution in [0.4, 0.5) is 4.39 Å². The zero-order chi connectivity index (χ0) is 13.6. The molecule has 0 aliphatic heterocycles. The summed E-state index contributed by atoms with van der Waals surface area (Å²) in [5.41, 5.74) is 0.918. The molecular weight excluding hydrogens is 229 g/mol. The van der Waals surface area contributed by atoms with Crippen molar-refractivity contribution in [3.8, 4) is 0 Å². The van der Waals surface area contributed by atoms with E-state index in [4.69, 9.17) is 4.74 Å². The van der Waals surface area contributed by atoms with Crippen LogP contribution in [0.5, 0.6) is 0 Å². The van der Waals surface area contributed by atoms with E-state index in [1.165, 1.54) is 6.07 Å². The third-order valence-corrected chi connectivity index (χ3v) is 2.56. The van der Waals surface area contributed by atoms with Gasteiger partial charge >= 0.3 is 0 Å². The summed E-state index contributed by atoms with van der Waals surface area (Å²) in [6.07, 6.45) is 0.862. The molecule has 1 N–H and O–H groups in total. The maximum absolute atomic E-state index is 13.2. The zero-order valence-electron chi connectivity index (χ0n) is 11.8. The Morgan fingerprint density at radius 3 is 2.61 bits per heavy atom. The second-order valence-electron chi connectivity index (χ2n) is 5.55. The third kappa shape index (κ3) is 5.61. The topological polar surface area (TPSA) is 21.3 Å². The first-order valence-electron chi connectivity index (χ1n) is 6.54. The van der Waals surface area contributed by atoms with Crippen molar-refractivity contribution in [3.63, 3.8) is 0 Å². The predicted octanol–water partition coefficient (Wildman–Crippen LogP) is 3.68. The smallest absolute Gasteiger partial charge is 0.123 e. The van der Waals surface area contributed by atoms with E-state index in [1.54, 1.807) is 12.1 Å². The van der Waals surface area contributed by atoms with Crippen molar-refractivity contribution in [3.05, 3.63) is 35.6 Å². The number of hydrogen-bond acceptors (Lipinski definition) is 2. The van der Waals surface area contributed by atoms with Gasteiger partial charge in [-0.1, -0.05) is 19.1 Å². The molecule has 1 atom stereocenters. The van der Waals surface area contributed by atoms with Crippen LogP contribution in [0.1, 0.15) is 45.8 Å². The van der Waals surface area contributed by atoms with Gasteiger partial charge < -0.3 is 10.1 Å². The van der Waals surface area contributed by atoms with E-state index in [1.807, 2.05) is 6.07 Å². The van der Waals surface area contributed by atoms with Gasteiger partial charge in [0.25, 0.3) is 0 Å². The van der Waals surface area contributed by atoms with Crippen LogP contribution in [0, 0.1) is 5.82 Å². The first kappa shape index (κ1) is 15.1. The van der Waals surface area contributed by atoms with Gasteiger partial charge in [-0.15, -0.1) is 0 Å². The van der Waals surface area contributed by atoms with Gasteiger partial charge in [-0.25, -0.2) is 4.39 Å². The number of nitrogens with one attached hydrogen (secondary N) is 1. The second kappa shape index (κ2) is 6.86. The van der Waals surface area contributed by atoms with Crippen LogP contribution in [0.3, 0.4) is 0 Å². The van der Waals surface area contributed by atoms with Crippen molar-refractivity contribution in [2.45, 2.75) is 45.8 Å². The summed E-state index contributed by atoms with van der Waals surface area (Å²) in [5, 5.41) is 3.40. The maximum atomic E-state index is 13.2. The monoisotopic (exact) mass is 253 g/mol. The summed E-state index contributed by atoms with van der Waals surface area (Å²) in [6, 6.07) is 6.64.